The second kappa shape index (κ2) is 7.61. The molecule has 3 aromatic rings. The molecule has 130 valence electrons. The highest BCUT2D eigenvalue weighted by Crippen LogP contribution is 2.19. The number of aryl methyl sites for hydroxylation is 1. The van der Waals surface area contributed by atoms with Crippen molar-refractivity contribution in [2.24, 2.45) is 0 Å². The number of hydrogen-bond donors (Lipinski definition) is 2. The molecular weight excluding hydrogens is 326 g/mol. The number of anilines is 3. The van der Waals surface area contributed by atoms with Gasteiger partial charge in [-0.2, -0.15) is 0 Å². The van der Waals surface area contributed by atoms with Crippen LogP contribution >= 0.6 is 0 Å². The smallest absolute Gasteiger partial charge is 0.257 e. The molecule has 0 atom stereocenters. The van der Waals surface area contributed by atoms with Gasteiger partial charge in [-0.3, -0.25) is 14.6 Å². The minimum absolute atomic E-state index is 0.0214. The number of carbonyl (C=O) groups is 2. The minimum atomic E-state index is -0.220. The van der Waals surface area contributed by atoms with Gasteiger partial charge in [0.05, 0.1) is 17.4 Å². The molecule has 0 bridgehead atoms. The van der Waals surface area contributed by atoms with Crippen molar-refractivity contribution >= 4 is 28.8 Å². The lowest BCUT2D eigenvalue weighted by atomic mass is 10.1. The molecule has 0 fully saturated rings. The molecule has 1 amide bonds. The molecular formula is C21H19N3O2. The van der Waals surface area contributed by atoms with Crippen LogP contribution in [0.1, 0.15) is 33.2 Å². The van der Waals surface area contributed by atoms with Crippen LogP contribution in [0, 0.1) is 6.92 Å². The Morgan fingerprint density at radius 2 is 1.62 bits per heavy atom. The largest absolute Gasteiger partial charge is 0.354 e. The summed E-state index contributed by atoms with van der Waals surface area (Å²) in [6.07, 6.45) is 3.17. The van der Waals surface area contributed by atoms with Crippen molar-refractivity contribution in [2.75, 3.05) is 10.6 Å². The summed E-state index contributed by atoms with van der Waals surface area (Å²) in [4.78, 5) is 27.9. The third kappa shape index (κ3) is 4.13. The lowest BCUT2D eigenvalue weighted by Crippen LogP contribution is -2.13. The molecule has 0 saturated carbocycles. The van der Waals surface area contributed by atoms with Crippen LogP contribution in [0.25, 0.3) is 0 Å². The number of pyridine rings is 1. The standard InChI is InChI=1S/C21H19N3O2/c1-14-5-3-4-6-20(14)24-21(26)17-11-19(13-22-12-17)23-18-9-7-16(8-10-18)15(2)25/h3-13,23H,1-2H3,(H,24,26). The van der Waals surface area contributed by atoms with E-state index in [2.05, 4.69) is 15.6 Å². The zero-order valence-corrected chi connectivity index (χ0v) is 14.6. The van der Waals surface area contributed by atoms with Crippen molar-refractivity contribution in [1.29, 1.82) is 0 Å². The molecule has 0 saturated heterocycles. The van der Waals surface area contributed by atoms with Gasteiger partial charge in [-0.05, 0) is 55.8 Å². The molecule has 5 nitrogen and oxygen atoms in total. The van der Waals surface area contributed by atoms with E-state index >= 15 is 0 Å². The zero-order chi connectivity index (χ0) is 18.5. The lowest BCUT2D eigenvalue weighted by Gasteiger charge is -2.10. The molecule has 26 heavy (non-hydrogen) atoms. The van der Waals surface area contributed by atoms with Crippen LogP contribution < -0.4 is 10.6 Å². The number of nitrogens with zero attached hydrogens (tertiary/aromatic N) is 1. The lowest BCUT2D eigenvalue weighted by molar-refractivity contribution is 0.101. The summed E-state index contributed by atoms with van der Waals surface area (Å²) in [5.74, 6) is -0.199. The molecule has 0 spiro atoms. The quantitative estimate of drug-likeness (QED) is 0.664. The average Bonchev–Trinajstić information content (AvgIpc) is 2.64. The Morgan fingerprint density at radius 1 is 0.885 bits per heavy atom. The molecule has 2 N–H and O–H groups in total. The van der Waals surface area contributed by atoms with E-state index in [-0.39, 0.29) is 11.7 Å². The normalized spacial score (nSPS) is 10.2. The molecule has 1 aromatic heterocycles. The fraction of sp³-hybridized carbons (Fsp3) is 0.0952. The highest BCUT2D eigenvalue weighted by molar-refractivity contribution is 6.05. The number of nitrogens with one attached hydrogen (secondary N) is 2. The highest BCUT2D eigenvalue weighted by Gasteiger charge is 2.09. The highest BCUT2D eigenvalue weighted by atomic mass is 16.1. The molecule has 1 heterocycles. The van der Waals surface area contributed by atoms with Crippen molar-refractivity contribution < 1.29 is 9.59 Å². The Hall–Kier alpha value is -3.47. The van der Waals surface area contributed by atoms with Crippen LogP contribution in [0.3, 0.4) is 0 Å². The first kappa shape index (κ1) is 17.4. The Kier molecular flexibility index (Phi) is 5.08. The first-order valence-electron chi connectivity index (χ1n) is 8.23. The summed E-state index contributed by atoms with van der Waals surface area (Å²) in [6.45, 7) is 3.47. The Balaban J connectivity index is 1.74. The van der Waals surface area contributed by atoms with Gasteiger partial charge in [-0.15, -0.1) is 0 Å². The maximum Gasteiger partial charge on any atom is 0.257 e. The van der Waals surface area contributed by atoms with E-state index in [1.54, 1.807) is 24.4 Å². The van der Waals surface area contributed by atoms with Gasteiger partial charge in [0.15, 0.2) is 5.78 Å². The van der Waals surface area contributed by atoms with Gasteiger partial charge in [0.25, 0.3) is 5.91 Å². The van der Waals surface area contributed by atoms with Crippen LogP contribution in [-0.4, -0.2) is 16.7 Å². The van der Waals surface area contributed by atoms with Crippen LogP contribution in [0.2, 0.25) is 0 Å². The van der Waals surface area contributed by atoms with E-state index in [0.717, 1.165) is 16.9 Å². The summed E-state index contributed by atoms with van der Waals surface area (Å²) >= 11 is 0. The second-order valence-corrected chi connectivity index (χ2v) is 5.99. The van der Waals surface area contributed by atoms with Gasteiger partial charge >= 0.3 is 0 Å². The number of ketones is 1. The minimum Gasteiger partial charge on any atom is -0.354 e. The Bertz CT molecular complexity index is 949. The number of benzene rings is 2. The van der Waals surface area contributed by atoms with E-state index in [4.69, 9.17) is 0 Å². The van der Waals surface area contributed by atoms with Gasteiger partial charge < -0.3 is 10.6 Å². The number of rotatable bonds is 5. The van der Waals surface area contributed by atoms with Gasteiger partial charge in [0.2, 0.25) is 0 Å². The van der Waals surface area contributed by atoms with Crippen molar-refractivity contribution in [3.8, 4) is 0 Å². The van der Waals surface area contributed by atoms with Gasteiger partial charge in [0, 0.05) is 23.1 Å². The predicted molar refractivity (Wildman–Crippen MR) is 103 cm³/mol. The van der Waals surface area contributed by atoms with Crippen molar-refractivity contribution in [2.45, 2.75) is 13.8 Å². The third-order valence-electron chi connectivity index (χ3n) is 3.97. The summed E-state index contributed by atoms with van der Waals surface area (Å²) in [5.41, 5.74) is 4.38. The summed E-state index contributed by atoms with van der Waals surface area (Å²) in [7, 11) is 0. The zero-order valence-electron chi connectivity index (χ0n) is 14.6. The monoisotopic (exact) mass is 345 g/mol. The van der Waals surface area contributed by atoms with E-state index in [9.17, 15) is 9.59 Å². The van der Waals surface area contributed by atoms with Crippen LogP contribution in [0.5, 0.6) is 0 Å². The molecule has 0 aliphatic carbocycles. The number of carbonyl (C=O) groups excluding carboxylic acids is 2. The molecule has 5 heteroatoms. The van der Waals surface area contributed by atoms with Crippen molar-refractivity contribution in [3.63, 3.8) is 0 Å². The molecule has 0 radical (unpaired) electrons. The SMILES string of the molecule is CC(=O)c1ccc(Nc2cncc(C(=O)Nc3ccccc3C)c2)cc1. The number of Topliss-reactive ketones (excluding diaryl/α,β-unsaturated/α-hetero) is 1. The average molecular weight is 345 g/mol. The van der Waals surface area contributed by atoms with E-state index in [1.807, 2.05) is 43.3 Å². The maximum atomic E-state index is 12.5. The maximum absolute atomic E-state index is 12.5. The fourth-order valence-corrected chi connectivity index (χ4v) is 2.50. The second-order valence-electron chi connectivity index (χ2n) is 5.99. The number of para-hydroxylation sites is 1. The molecule has 0 aliphatic heterocycles. The van der Waals surface area contributed by atoms with Crippen molar-refractivity contribution in [1.82, 2.24) is 4.98 Å². The van der Waals surface area contributed by atoms with Crippen LogP contribution in [0.4, 0.5) is 17.1 Å². The molecule has 2 aromatic carbocycles. The molecule has 3 rings (SSSR count). The van der Waals surface area contributed by atoms with E-state index in [0.29, 0.717) is 16.8 Å². The summed E-state index contributed by atoms with van der Waals surface area (Å²) < 4.78 is 0. The third-order valence-corrected chi connectivity index (χ3v) is 3.97. The fourth-order valence-electron chi connectivity index (χ4n) is 2.50. The first-order valence-corrected chi connectivity index (χ1v) is 8.23. The number of amides is 1. The molecule has 0 aliphatic rings. The van der Waals surface area contributed by atoms with Gasteiger partial charge in [0.1, 0.15) is 0 Å². The summed E-state index contributed by atoms with van der Waals surface area (Å²) in [6, 6.07) is 16.5. The van der Waals surface area contributed by atoms with Gasteiger partial charge in [-0.25, -0.2) is 0 Å². The first-order chi connectivity index (χ1) is 12.5. The predicted octanol–water partition coefficient (Wildman–Crippen LogP) is 4.59. The Morgan fingerprint density at radius 3 is 2.31 bits per heavy atom. The van der Waals surface area contributed by atoms with E-state index in [1.165, 1.54) is 13.1 Å². The van der Waals surface area contributed by atoms with Gasteiger partial charge in [-0.1, -0.05) is 18.2 Å². The molecule has 0 unspecified atom stereocenters. The van der Waals surface area contributed by atoms with Crippen molar-refractivity contribution in [3.05, 3.63) is 83.7 Å². The number of hydrogen-bond acceptors (Lipinski definition) is 4. The summed E-state index contributed by atoms with van der Waals surface area (Å²) in [5, 5.41) is 6.08. The van der Waals surface area contributed by atoms with E-state index < -0.39 is 0 Å². The van der Waals surface area contributed by atoms with Crippen LogP contribution in [-0.2, 0) is 0 Å². The van der Waals surface area contributed by atoms with Crippen LogP contribution in [0.15, 0.2) is 67.0 Å². The topological polar surface area (TPSA) is 71.1 Å². The Labute approximate surface area is 152 Å². The number of aromatic nitrogens is 1.